The van der Waals surface area contributed by atoms with Crippen LogP contribution in [-0.4, -0.2) is 36.2 Å². The first-order valence-electron chi connectivity index (χ1n) is 9.77. The zero-order valence-electron chi connectivity index (χ0n) is 15.5. The van der Waals surface area contributed by atoms with Crippen molar-refractivity contribution in [3.63, 3.8) is 0 Å². The Morgan fingerprint density at radius 1 is 0.966 bits per heavy atom. The molecule has 0 bridgehead atoms. The van der Waals surface area contributed by atoms with Crippen LogP contribution in [0.1, 0.15) is 23.2 Å². The van der Waals surface area contributed by atoms with Crippen molar-refractivity contribution in [3.8, 4) is 0 Å². The van der Waals surface area contributed by atoms with E-state index in [1.165, 1.54) is 42.5 Å². The number of fused-ring (bicyclic) bond motifs is 3. The molecule has 1 N–H and O–H groups in total. The van der Waals surface area contributed by atoms with E-state index < -0.39 is 41.3 Å². The van der Waals surface area contributed by atoms with Crippen molar-refractivity contribution < 1.29 is 28.1 Å². The third-order valence-corrected chi connectivity index (χ3v) is 6.55. The average molecular weight is 397 g/mol. The molecular weight excluding hydrogens is 378 g/mol. The minimum absolute atomic E-state index is 0.0653. The molecule has 7 heteroatoms. The molecule has 0 saturated carbocycles. The van der Waals surface area contributed by atoms with Crippen molar-refractivity contribution in [1.29, 1.82) is 0 Å². The number of quaternary nitrogens is 1. The van der Waals surface area contributed by atoms with Crippen LogP contribution in [0.15, 0.2) is 48.5 Å². The summed E-state index contributed by atoms with van der Waals surface area (Å²) < 4.78 is 27.6. The lowest BCUT2D eigenvalue weighted by molar-refractivity contribution is -0.915. The number of nitrogens with one attached hydrogen (secondary N) is 1. The predicted molar refractivity (Wildman–Crippen MR) is 99.2 cm³/mol. The molecule has 29 heavy (non-hydrogen) atoms. The van der Waals surface area contributed by atoms with Gasteiger partial charge in [-0.05, 0) is 36.4 Å². The molecule has 0 aliphatic carbocycles. The second-order valence-corrected chi connectivity index (χ2v) is 7.94. The Hall–Kier alpha value is -2.93. The maximum atomic E-state index is 14.3. The molecule has 5 atom stereocenters. The van der Waals surface area contributed by atoms with Crippen LogP contribution < -0.4 is 9.80 Å². The summed E-state index contributed by atoms with van der Waals surface area (Å²) in [6.07, 6.45) is 1.60. The number of imide groups is 1. The first-order valence-corrected chi connectivity index (χ1v) is 9.77. The van der Waals surface area contributed by atoms with Crippen molar-refractivity contribution in [2.75, 3.05) is 11.4 Å². The maximum Gasteiger partial charge on any atom is 0.244 e. The smallest absolute Gasteiger partial charge is 0.244 e. The molecule has 3 aliphatic heterocycles. The minimum Gasteiger partial charge on any atom is -0.322 e. The van der Waals surface area contributed by atoms with E-state index in [0.29, 0.717) is 12.1 Å². The number of carbonyl (C=O) groups excluding carboxylic acids is 3. The Labute approximate surface area is 165 Å². The molecule has 3 heterocycles. The summed E-state index contributed by atoms with van der Waals surface area (Å²) in [4.78, 5) is 41.7. The van der Waals surface area contributed by atoms with Gasteiger partial charge in [0.1, 0.15) is 29.5 Å². The third-order valence-electron chi connectivity index (χ3n) is 6.55. The fourth-order valence-corrected chi connectivity index (χ4v) is 5.41. The van der Waals surface area contributed by atoms with E-state index >= 15 is 0 Å². The van der Waals surface area contributed by atoms with E-state index in [-0.39, 0.29) is 17.5 Å². The van der Waals surface area contributed by atoms with Gasteiger partial charge in [0.25, 0.3) is 0 Å². The normalized spacial score (nSPS) is 30.6. The number of halogens is 2. The number of Topliss-reactive ketones (excluding diaryl/α,β-unsaturated/α-hetero) is 1. The molecule has 148 valence electrons. The van der Waals surface area contributed by atoms with Gasteiger partial charge in [-0.25, -0.2) is 13.7 Å². The van der Waals surface area contributed by atoms with Crippen LogP contribution in [0.2, 0.25) is 0 Å². The van der Waals surface area contributed by atoms with Crippen molar-refractivity contribution >= 4 is 23.3 Å². The third kappa shape index (κ3) is 2.57. The molecule has 0 spiro atoms. The molecule has 2 amide bonds. The first kappa shape index (κ1) is 18.1. The zero-order chi connectivity index (χ0) is 20.3. The second-order valence-electron chi connectivity index (χ2n) is 7.94. The lowest BCUT2D eigenvalue weighted by Gasteiger charge is -2.25. The van der Waals surface area contributed by atoms with Gasteiger partial charge in [-0.3, -0.25) is 14.4 Å². The topological polar surface area (TPSA) is 58.9 Å². The summed E-state index contributed by atoms with van der Waals surface area (Å²) in [5, 5.41) is 0. The van der Waals surface area contributed by atoms with E-state index in [1.807, 2.05) is 0 Å². The Morgan fingerprint density at radius 2 is 1.66 bits per heavy atom. The predicted octanol–water partition coefficient (Wildman–Crippen LogP) is 1.38. The summed E-state index contributed by atoms with van der Waals surface area (Å²) in [6, 6.07) is 10.1. The van der Waals surface area contributed by atoms with Gasteiger partial charge >= 0.3 is 0 Å². The van der Waals surface area contributed by atoms with E-state index in [9.17, 15) is 23.2 Å². The highest BCUT2D eigenvalue weighted by Crippen LogP contribution is 2.41. The van der Waals surface area contributed by atoms with Crippen molar-refractivity contribution in [3.05, 3.63) is 65.7 Å². The Kier molecular flexibility index (Phi) is 4.10. The number of benzene rings is 2. The quantitative estimate of drug-likeness (QED) is 0.629. The van der Waals surface area contributed by atoms with Crippen molar-refractivity contribution in [2.45, 2.75) is 24.9 Å². The fourth-order valence-electron chi connectivity index (χ4n) is 5.41. The van der Waals surface area contributed by atoms with Crippen LogP contribution in [0.3, 0.4) is 0 Å². The summed E-state index contributed by atoms with van der Waals surface area (Å²) in [5.74, 6) is -3.76. The van der Waals surface area contributed by atoms with Crippen LogP contribution in [0.25, 0.3) is 0 Å². The van der Waals surface area contributed by atoms with Crippen molar-refractivity contribution in [2.24, 2.45) is 11.8 Å². The Bertz CT molecular complexity index is 1020. The molecular formula is C22H19F2N2O3+. The minimum atomic E-state index is -0.819. The summed E-state index contributed by atoms with van der Waals surface area (Å²) >= 11 is 0. The van der Waals surface area contributed by atoms with Gasteiger partial charge in [-0.15, -0.1) is 0 Å². The monoisotopic (exact) mass is 397 g/mol. The van der Waals surface area contributed by atoms with Crippen LogP contribution in [-0.2, 0) is 9.59 Å². The molecule has 0 radical (unpaired) electrons. The molecule has 3 fully saturated rings. The number of carbonyl (C=O) groups is 3. The number of anilines is 1. The Balaban J connectivity index is 1.56. The maximum absolute atomic E-state index is 14.3. The van der Waals surface area contributed by atoms with Gasteiger partial charge in [0.15, 0.2) is 6.04 Å². The number of hydrogen-bond acceptors (Lipinski definition) is 3. The van der Waals surface area contributed by atoms with Crippen LogP contribution in [0, 0.1) is 23.5 Å². The largest absolute Gasteiger partial charge is 0.322 e. The van der Waals surface area contributed by atoms with E-state index in [2.05, 4.69) is 0 Å². The summed E-state index contributed by atoms with van der Waals surface area (Å²) in [5.41, 5.74) is 0.254. The lowest BCUT2D eigenvalue weighted by Crippen LogP contribution is -3.16. The first-order chi connectivity index (χ1) is 14.0. The van der Waals surface area contributed by atoms with Gasteiger partial charge in [-0.1, -0.05) is 12.1 Å². The fraction of sp³-hybridized carbons (Fsp3) is 0.318. The van der Waals surface area contributed by atoms with E-state index in [4.69, 9.17) is 0 Å². The van der Waals surface area contributed by atoms with Crippen LogP contribution in [0.4, 0.5) is 14.5 Å². The second kappa shape index (κ2) is 6.56. The van der Waals surface area contributed by atoms with E-state index in [1.54, 1.807) is 6.07 Å². The number of rotatable bonds is 3. The van der Waals surface area contributed by atoms with E-state index in [0.717, 1.165) is 22.6 Å². The molecule has 1 unspecified atom stereocenters. The Morgan fingerprint density at radius 3 is 2.38 bits per heavy atom. The molecule has 2 aromatic carbocycles. The van der Waals surface area contributed by atoms with Gasteiger partial charge < -0.3 is 4.90 Å². The number of ketones is 1. The lowest BCUT2D eigenvalue weighted by atomic mass is 9.85. The number of nitrogens with zero attached hydrogens (tertiary/aromatic N) is 1. The molecule has 2 aromatic rings. The highest BCUT2D eigenvalue weighted by molar-refractivity contribution is 6.24. The number of hydrogen-bond donors (Lipinski definition) is 1. The van der Waals surface area contributed by atoms with Crippen molar-refractivity contribution in [1.82, 2.24) is 0 Å². The molecule has 0 aromatic heterocycles. The SMILES string of the molecule is O=C(c1ccc(F)cc1)[C@@H]1[C@@H]2C(=O)N(c3ccccc3F)C(=O)[C@H]2[C@H]2CCC[NH+]21. The van der Waals surface area contributed by atoms with Gasteiger partial charge in [0.2, 0.25) is 17.6 Å². The number of para-hydroxylation sites is 1. The molecule has 3 saturated heterocycles. The summed E-state index contributed by atoms with van der Waals surface area (Å²) in [7, 11) is 0. The van der Waals surface area contributed by atoms with Gasteiger partial charge in [0.05, 0.1) is 12.2 Å². The highest BCUT2D eigenvalue weighted by atomic mass is 19.1. The van der Waals surface area contributed by atoms with Gasteiger partial charge in [0, 0.05) is 18.4 Å². The summed E-state index contributed by atoms with van der Waals surface area (Å²) in [6.45, 7) is 0.704. The average Bonchev–Trinajstić information content (AvgIpc) is 3.35. The molecule has 5 nitrogen and oxygen atoms in total. The van der Waals surface area contributed by atoms with Crippen LogP contribution in [0.5, 0.6) is 0 Å². The molecule has 3 aliphatic rings. The standard InChI is InChI=1S/C22H18F2N2O3/c23-13-9-7-12(8-10-13)20(27)19-18-17(16-6-3-11-25(16)19)21(28)26(22(18)29)15-5-2-1-4-14(15)24/h1-2,4-5,7-10,16-19H,3,6,11H2/p+1/t16-,17+,18-,19+/m1/s1. The van der Waals surface area contributed by atoms with Gasteiger partial charge in [-0.2, -0.15) is 0 Å². The number of amides is 2. The van der Waals surface area contributed by atoms with Crippen LogP contribution >= 0.6 is 0 Å². The zero-order valence-corrected chi connectivity index (χ0v) is 15.5. The highest BCUT2D eigenvalue weighted by Gasteiger charge is 2.68. The molecule has 5 rings (SSSR count).